The van der Waals surface area contributed by atoms with Crippen molar-refractivity contribution in [3.63, 3.8) is 0 Å². The second-order valence-corrected chi connectivity index (χ2v) is 11.7. The number of alkyl halides is 3. The van der Waals surface area contributed by atoms with Crippen molar-refractivity contribution in [2.75, 3.05) is 48.9 Å². The number of hydrogen-bond acceptors (Lipinski definition) is 7. The number of halogens is 3. The van der Waals surface area contributed by atoms with Gasteiger partial charge in [-0.05, 0) is 48.4 Å². The van der Waals surface area contributed by atoms with Crippen molar-refractivity contribution in [2.24, 2.45) is 5.92 Å². The van der Waals surface area contributed by atoms with Crippen molar-refractivity contribution in [3.05, 3.63) is 41.3 Å². The number of anilines is 2. The summed E-state index contributed by atoms with van der Waals surface area (Å²) in [5.74, 6) is -2.31. The van der Waals surface area contributed by atoms with Gasteiger partial charge in [-0.1, -0.05) is 13.0 Å². The van der Waals surface area contributed by atoms with E-state index >= 15 is 0 Å². The number of sulfonamides is 1. The molecule has 204 valence electrons. The van der Waals surface area contributed by atoms with Crippen LogP contribution in [0.2, 0.25) is 0 Å². The Morgan fingerprint density at radius 3 is 2.41 bits per heavy atom. The molecule has 0 radical (unpaired) electrons. The lowest BCUT2D eigenvalue weighted by atomic mass is 9.99. The fourth-order valence-corrected chi connectivity index (χ4v) is 6.16. The van der Waals surface area contributed by atoms with Crippen molar-refractivity contribution >= 4 is 44.6 Å². The normalized spacial score (nSPS) is 18.5. The number of nitrogens with zero attached hydrogens (tertiary/aromatic N) is 2. The summed E-state index contributed by atoms with van der Waals surface area (Å²) in [7, 11) is -3.71. The predicted octanol–water partition coefficient (Wildman–Crippen LogP) is 3.46. The van der Waals surface area contributed by atoms with Crippen molar-refractivity contribution in [2.45, 2.75) is 30.2 Å². The third kappa shape index (κ3) is 7.82. The molecule has 0 bridgehead atoms. The molecular formula is C23H29F3N4O5S2. The fraction of sp³-hybridized carbons (Fsp3) is 0.478. The number of carbonyl (C=O) groups is 2. The second kappa shape index (κ2) is 12.1. The summed E-state index contributed by atoms with van der Waals surface area (Å²) in [6.45, 7) is 6.89. The summed E-state index contributed by atoms with van der Waals surface area (Å²) in [6.07, 6.45) is -2.94. The fourth-order valence-electron chi connectivity index (χ4n) is 4.10. The number of carbonyl (C=O) groups excluding carboxylic acids is 1. The molecule has 1 unspecified atom stereocenters. The van der Waals surface area contributed by atoms with E-state index in [1.807, 2.05) is 17.0 Å². The molecule has 1 amide bonds. The molecule has 14 heteroatoms. The number of amides is 1. The topological polar surface area (TPSA) is 119 Å². The van der Waals surface area contributed by atoms with Crippen LogP contribution in [0.1, 0.15) is 30.1 Å². The van der Waals surface area contributed by atoms with Gasteiger partial charge >= 0.3 is 12.1 Å². The van der Waals surface area contributed by atoms with E-state index in [2.05, 4.69) is 21.9 Å². The number of rotatable bonds is 5. The largest absolute Gasteiger partial charge is 0.490 e. The SMILES string of the molecule is CC1CCCN(C(=O)c2ccc(N3CCNCC3)c(NS(=O)(=O)c3cccs3)c2)C1.O=C(O)C(F)(F)F. The predicted molar refractivity (Wildman–Crippen MR) is 135 cm³/mol. The Labute approximate surface area is 217 Å². The van der Waals surface area contributed by atoms with Crippen molar-refractivity contribution in [1.29, 1.82) is 0 Å². The van der Waals surface area contributed by atoms with E-state index in [4.69, 9.17) is 9.90 Å². The van der Waals surface area contributed by atoms with Crippen molar-refractivity contribution < 1.29 is 36.3 Å². The van der Waals surface area contributed by atoms with Gasteiger partial charge < -0.3 is 20.2 Å². The zero-order valence-electron chi connectivity index (χ0n) is 20.1. The number of carboxylic acid groups (broad SMARTS) is 1. The summed E-state index contributed by atoms with van der Waals surface area (Å²) in [6, 6.07) is 8.69. The second-order valence-electron chi connectivity index (χ2n) is 8.81. The molecule has 9 nitrogen and oxygen atoms in total. The Kier molecular flexibility index (Phi) is 9.42. The van der Waals surface area contributed by atoms with E-state index in [0.29, 0.717) is 17.2 Å². The highest BCUT2D eigenvalue weighted by molar-refractivity contribution is 7.94. The average molecular weight is 563 g/mol. The third-order valence-corrected chi connectivity index (χ3v) is 8.66. The van der Waals surface area contributed by atoms with Gasteiger partial charge in [0.25, 0.3) is 15.9 Å². The lowest BCUT2D eigenvalue weighted by Crippen LogP contribution is -2.44. The number of carboxylic acids is 1. The number of thiophene rings is 1. The maximum absolute atomic E-state index is 13.1. The minimum Gasteiger partial charge on any atom is -0.475 e. The molecule has 1 atom stereocenters. The Morgan fingerprint density at radius 2 is 1.84 bits per heavy atom. The van der Waals surface area contributed by atoms with Gasteiger partial charge in [0.15, 0.2) is 0 Å². The van der Waals surface area contributed by atoms with Gasteiger partial charge in [-0.3, -0.25) is 9.52 Å². The number of aliphatic carboxylic acids is 1. The molecule has 2 aromatic rings. The van der Waals surface area contributed by atoms with Crippen LogP contribution in [-0.2, 0) is 14.8 Å². The molecule has 0 saturated carbocycles. The lowest BCUT2D eigenvalue weighted by molar-refractivity contribution is -0.192. The molecule has 2 saturated heterocycles. The van der Waals surface area contributed by atoms with Crippen molar-refractivity contribution in [1.82, 2.24) is 10.2 Å². The summed E-state index contributed by atoms with van der Waals surface area (Å²) < 4.78 is 60.5. The minimum atomic E-state index is -5.08. The molecule has 2 aliphatic rings. The van der Waals surface area contributed by atoms with Crippen LogP contribution in [0.25, 0.3) is 0 Å². The molecule has 0 aliphatic carbocycles. The van der Waals surface area contributed by atoms with E-state index in [9.17, 15) is 26.4 Å². The maximum Gasteiger partial charge on any atom is 0.490 e. The summed E-state index contributed by atoms with van der Waals surface area (Å²) >= 11 is 1.17. The van der Waals surface area contributed by atoms with E-state index in [0.717, 1.165) is 57.8 Å². The summed E-state index contributed by atoms with van der Waals surface area (Å²) in [5.41, 5.74) is 1.79. The molecular weight excluding hydrogens is 533 g/mol. The number of piperazine rings is 1. The van der Waals surface area contributed by atoms with E-state index in [1.165, 1.54) is 11.3 Å². The zero-order chi connectivity index (χ0) is 27.2. The van der Waals surface area contributed by atoms with Crippen LogP contribution < -0.4 is 14.9 Å². The molecule has 2 fully saturated rings. The molecule has 1 aromatic heterocycles. The van der Waals surface area contributed by atoms with Crippen LogP contribution in [-0.4, -0.2) is 75.7 Å². The van der Waals surface area contributed by atoms with E-state index in [-0.39, 0.29) is 10.1 Å². The molecule has 2 aliphatic heterocycles. The number of hydrogen-bond donors (Lipinski definition) is 3. The first-order valence-electron chi connectivity index (χ1n) is 11.6. The Bertz CT molecular complexity index is 1180. The molecule has 3 N–H and O–H groups in total. The first-order valence-corrected chi connectivity index (χ1v) is 14.0. The maximum atomic E-state index is 13.1. The van der Waals surface area contributed by atoms with Gasteiger partial charge in [0.2, 0.25) is 0 Å². The Morgan fingerprint density at radius 1 is 1.16 bits per heavy atom. The van der Waals surface area contributed by atoms with Gasteiger partial charge in [0, 0.05) is 44.8 Å². The number of likely N-dealkylation sites (tertiary alicyclic amines) is 1. The van der Waals surface area contributed by atoms with Gasteiger partial charge in [-0.15, -0.1) is 11.3 Å². The number of benzene rings is 1. The zero-order valence-corrected chi connectivity index (χ0v) is 21.8. The quantitative estimate of drug-likeness (QED) is 0.511. The molecule has 4 rings (SSSR count). The molecule has 1 aromatic carbocycles. The molecule has 3 heterocycles. The number of piperidine rings is 1. The van der Waals surface area contributed by atoms with Gasteiger partial charge in [0.1, 0.15) is 4.21 Å². The number of nitrogens with one attached hydrogen (secondary N) is 2. The van der Waals surface area contributed by atoms with Gasteiger partial charge in [-0.25, -0.2) is 13.2 Å². The lowest BCUT2D eigenvalue weighted by Gasteiger charge is -2.33. The highest BCUT2D eigenvalue weighted by atomic mass is 32.2. The van der Waals surface area contributed by atoms with Crippen LogP contribution in [0.15, 0.2) is 39.9 Å². The monoisotopic (exact) mass is 562 g/mol. The molecule has 37 heavy (non-hydrogen) atoms. The highest BCUT2D eigenvalue weighted by Crippen LogP contribution is 2.31. The van der Waals surface area contributed by atoms with Gasteiger partial charge in [0.05, 0.1) is 11.4 Å². The summed E-state index contributed by atoms with van der Waals surface area (Å²) in [4.78, 5) is 26.0. The van der Waals surface area contributed by atoms with Gasteiger partial charge in [-0.2, -0.15) is 13.2 Å². The first-order chi connectivity index (χ1) is 17.4. The van der Waals surface area contributed by atoms with Crippen molar-refractivity contribution in [3.8, 4) is 0 Å². The standard InChI is InChI=1S/C21H28N4O3S2.C2HF3O2/c1-16-4-2-10-25(15-16)21(26)17-6-7-19(24-11-8-22-9-12-24)18(14-17)23-30(27,28)20-5-3-13-29-20;3-2(4,5)1(6)7/h3,5-7,13-14,16,22-23H,2,4,8-12,15H2,1H3;(H,6,7). The van der Waals surface area contributed by atoms with E-state index in [1.54, 1.807) is 23.6 Å². The summed E-state index contributed by atoms with van der Waals surface area (Å²) in [5, 5.41) is 12.2. The Balaban J connectivity index is 0.000000479. The van der Waals surface area contributed by atoms with Crippen LogP contribution in [0.5, 0.6) is 0 Å². The minimum absolute atomic E-state index is 0.0371. The third-order valence-electron chi connectivity index (χ3n) is 5.89. The smallest absolute Gasteiger partial charge is 0.475 e. The highest BCUT2D eigenvalue weighted by Gasteiger charge is 2.38. The molecule has 0 spiro atoms. The van der Waals surface area contributed by atoms with Crippen LogP contribution >= 0.6 is 11.3 Å². The average Bonchev–Trinajstić information content (AvgIpc) is 3.40. The van der Waals surface area contributed by atoms with E-state index < -0.39 is 22.2 Å². The van der Waals surface area contributed by atoms with Crippen LogP contribution in [0.4, 0.5) is 24.5 Å². The van der Waals surface area contributed by atoms with Crippen LogP contribution in [0, 0.1) is 5.92 Å². The Hall–Kier alpha value is -2.84. The van der Waals surface area contributed by atoms with Crippen LogP contribution in [0.3, 0.4) is 0 Å². The first kappa shape index (κ1) is 28.7.